The Hall–Kier alpha value is -2.05. The third kappa shape index (κ3) is 3.24. The molecule has 2 aliphatic rings. The van der Waals surface area contributed by atoms with Crippen LogP contribution >= 0.6 is 11.3 Å². The SMILES string of the molecule is CC(C)(NC(=O)C[C@H]1OCCc2ccsc21)c1ccc2c(c1)OCO2. The predicted octanol–water partition coefficient (Wildman–Crippen LogP) is 3.53. The number of carbonyl (C=O) groups is 1. The second kappa shape index (κ2) is 6.35. The predicted molar refractivity (Wildman–Crippen MR) is 95.1 cm³/mol. The monoisotopic (exact) mass is 359 g/mol. The van der Waals surface area contributed by atoms with Crippen molar-refractivity contribution in [2.24, 2.45) is 0 Å². The second-order valence-corrected chi connectivity index (χ2v) is 7.81. The van der Waals surface area contributed by atoms with E-state index < -0.39 is 5.54 Å². The van der Waals surface area contributed by atoms with Gasteiger partial charge in [-0.15, -0.1) is 11.3 Å². The summed E-state index contributed by atoms with van der Waals surface area (Å²) in [5, 5.41) is 5.19. The van der Waals surface area contributed by atoms with E-state index in [1.807, 2.05) is 32.0 Å². The third-order valence-electron chi connectivity index (χ3n) is 4.68. The average molecular weight is 359 g/mol. The minimum absolute atomic E-state index is 0.0195. The lowest BCUT2D eigenvalue weighted by atomic mass is 9.93. The van der Waals surface area contributed by atoms with Crippen LogP contribution in [0, 0.1) is 0 Å². The number of carbonyl (C=O) groups excluding carboxylic acids is 1. The van der Waals surface area contributed by atoms with Crippen LogP contribution in [0.3, 0.4) is 0 Å². The van der Waals surface area contributed by atoms with E-state index in [2.05, 4.69) is 16.8 Å². The van der Waals surface area contributed by atoms with Crippen LogP contribution in [0.4, 0.5) is 0 Å². The Balaban J connectivity index is 1.45. The van der Waals surface area contributed by atoms with Crippen LogP contribution in [-0.2, 0) is 21.5 Å². The fourth-order valence-electron chi connectivity index (χ4n) is 3.30. The Kier molecular flexibility index (Phi) is 4.17. The Morgan fingerprint density at radius 3 is 3.00 bits per heavy atom. The molecule has 5 nitrogen and oxygen atoms in total. The molecule has 1 aromatic heterocycles. The number of ether oxygens (including phenoxy) is 3. The van der Waals surface area contributed by atoms with E-state index in [9.17, 15) is 4.79 Å². The van der Waals surface area contributed by atoms with Gasteiger partial charge in [0.05, 0.1) is 18.6 Å². The fraction of sp³-hybridized carbons (Fsp3) is 0.421. The lowest BCUT2D eigenvalue weighted by molar-refractivity contribution is -0.126. The van der Waals surface area contributed by atoms with Gasteiger partial charge in [-0.05, 0) is 55.0 Å². The zero-order valence-corrected chi connectivity index (χ0v) is 15.2. The fourth-order valence-corrected chi connectivity index (χ4v) is 4.30. The molecule has 25 heavy (non-hydrogen) atoms. The van der Waals surface area contributed by atoms with Gasteiger partial charge in [0, 0.05) is 4.88 Å². The van der Waals surface area contributed by atoms with Crippen LogP contribution in [0.15, 0.2) is 29.6 Å². The largest absolute Gasteiger partial charge is 0.454 e. The van der Waals surface area contributed by atoms with Crippen LogP contribution in [-0.4, -0.2) is 19.3 Å². The van der Waals surface area contributed by atoms with Crippen LogP contribution in [0.1, 0.15) is 42.4 Å². The van der Waals surface area contributed by atoms with Crippen molar-refractivity contribution in [2.75, 3.05) is 13.4 Å². The standard InChI is InChI=1S/C19H21NO4S/c1-19(2,13-3-4-14-15(9-13)24-11-23-14)20-17(21)10-16-18-12(5-7-22-16)6-8-25-18/h3-4,6,8-9,16H,5,7,10-11H2,1-2H3,(H,20,21)/t16-/m1/s1. The summed E-state index contributed by atoms with van der Waals surface area (Å²) in [6, 6.07) is 7.90. The molecule has 6 heteroatoms. The lowest BCUT2D eigenvalue weighted by Crippen LogP contribution is -2.41. The minimum atomic E-state index is -0.509. The first kappa shape index (κ1) is 16.4. The molecule has 0 aliphatic carbocycles. The number of fused-ring (bicyclic) bond motifs is 2. The number of hydrogen-bond acceptors (Lipinski definition) is 5. The summed E-state index contributed by atoms with van der Waals surface area (Å²) in [4.78, 5) is 13.8. The maximum absolute atomic E-state index is 12.6. The molecule has 1 amide bonds. The first-order valence-electron chi connectivity index (χ1n) is 8.42. The minimum Gasteiger partial charge on any atom is -0.454 e. The van der Waals surface area contributed by atoms with Gasteiger partial charge in [-0.2, -0.15) is 0 Å². The third-order valence-corrected chi connectivity index (χ3v) is 5.73. The van der Waals surface area contributed by atoms with E-state index in [4.69, 9.17) is 14.2 Å². The van der Waals surface area contributed by atoms with Crippen LogP contribution in [0.5, 0.6) is 11.5 Å². The Bertz CT molecular complexity index is 798. The molecule has 0 unspecified atom stereocenters. The van der Waals surface area contributed by atoms with Gasteiger partial charge in [0.1, 0.15) is 6.10 Å². The molecular weight excluding hydrogens is 338 g/mol. The van der Waals surface area contributed by atoms with Crippen molar-refractivity contribution < 1.29 is 19.0 Å². The number of rotatable bonds is 4. The summed E-state index contributed by atoms with van der Waals surface area (Å²) in [5.41, 5.74) is 1.78. The van der Waals surface area contributed by atoms with Crippen molar-refractivity contribution in [3.8, 4) is 11.5 Å². The molecule has 1 atom stereocenters. The Labute approximate surface area is 150 Å². The molecular formula is C19H21NO4S. The topological polar surface area (TPSA) is 56.8 Å². The van der Waals surface area contributed by atoms with Crippen molar-refractivity contribution in [1.82, 2.24) is 5.32 Å². The van der Waals surface area contributed by atoms with Crippen molar-refractivity contribution >= 4 is 17.2 Å². The van der Waals surface area contributed by atoms with Crippen LogP contribution < -0.4 is 14.8 Å². The first-order valence-corrected chi connectivity index (χ1v) is 9.30. The molecule has 3 heterocycles. The van der Waals surface area contributed by atoms with E-state index in [0.717, 1.165) is 23.5 Å². The molecule has 0 saturated carbocycles. The Morgan fingerprint density at radius 1 is 1.28 bits per heavy atom. The number of nitrogens with one attached hydrogen (secondary N) is 1. The summed E-state index contributed by atoms with van der Waals surface area (Å²) >= 11 is 1.67. The molecule has 2 aromatic rings. The molecule has 0 spiro atoms. The normalized spacial score (nSPS) is 18.7. The van der Waals surface area contributed by atoms with E-state index in [1.54, 1.807) is 11.3 Å². The summed E-state index contributed by atoms with van der Waals surface area (Å²) in [6.45, 7) is 4.89. The summed E-state index contributed by atoms with van der Waals surface area (Å²) < 4.78 is 16.6. The quantitative estimate of drug-likeness (QED) is 0.907. The molecule has 2 aliphatic heterocycles. The van der Waals surface area contributed by atoms with Crippen LogP contribution in [0.25, 0.3) is 0 Å². The Morgan fingerprint density at radius 2 is 2.12 bits per heavy atom. The van der Waals surface area contributed by atoms with Gasteiger partial charge in [0.15, 0.2) is 11.5 Å². The molecule has 132 valence electrons. The zero-order chi connectivity index (χ0) is 17.4. The van der Waals surface area contributed by atoms with Gasteiger partial charge in [-0.25, -0.2) is 0 Å². The second-order valence-electron chi connectivity index (χ2n) is 6.86. The number of amides is 1. The highest BCUT2D eigenvalue weighted by Gasteiger charge is 2.29. The van der Waals surface area contributed by atoms with Crippen molar-refractivity contribution in [3.63, 3.8) is 0 Å². The van der Waals surface area contributed by atoms with Crippen LogP contribution in [0.2, 0.25) is 0 Å². The highest BCUT2D eigenvalue weighted by atomic mass is 32.1. The van der Waals surface area contributed by atoms with E-state index >= 15 is 0 Å². The van der Waals surface area contributed by atoms with Gasteiger partial charge in [-0.1, -0.05) is 6.07 Å². The molecule has 0 bridgehead atoms. The molecule has 0 radical (unpaired) electrons. The van der Waals surface area contributed by atoms with Crippen molar-refractivity contribution in [2.45, 2.75) is 38.3 Å². The maximum Gasteiger partial charge on any atom is 0.231 e. The average Bonchev–Trinajstić information content (AvgIpc) is 3.23. The number of thiophene rings is 1. The molecule has 0 fully saturated rings. The van der Waals surface area contributed by atoms with E-state index in [1.165, 1.54) is 10.4 Å². The van der Waals surface area contributed by atoms with Gasteiger partial charge in [-0.3, -0.25) is 4.79 Å². The molecule has 1 N–H and O–H groups in total. The number of hydrogen-bond donors (Lipinski definition) is 1. The zero-order valence-electron chi connectivity index (χ0n) is 14.3. The van der Waals surface area contributed by atoms with Gasteiger partial charge in [0.25, 0.3) is 0 Å². The van der Waals surface area contributed by atoms with Gasteiger partial charge >= 0.3 is 0 Å². The summed E-state index contributed by atoms with van der Waals surface area (Å²) in [6.07, 6.45) is 1.12. The van der Waals surface area contributed by atoms with Crippen molar-refractivity contribution in [3.05, 3.63) is 45.6 Å². The number of benzene rings is 1. The molecule has 4 rings (SSSR count). The highest BCUT2D eigenvalue weighted by molar-refractivity contribution is 7.10. The summed E-state index contributed by atoms with van der Waals surface area (Å²) in [5.74, 6) is 1.44. The maximum atomic E-state index is 12.6. The van der Waals surface area contributed by atoms with Gasteiger partial charge < -0.3 is 19.5 Å². The summed E-state index contributed by atoms with van der Waals surface area (Å²) in [7, 11) is 0. The molecule has 1 aromatic carbocycles. The van der Waals surface area contributed by atoms with E-state index in [0.29, 0.717) is 13.0 Å². The molecule has 0 saturated heterocycles. The highest BCUT2D eigenvalue weighted by Crippen LogP contribution is 2.36. The smallest absolute Gasteiger partial charge is 0.231 e. The van der Waals surface area contributed by atoms with Crippen molar-refractivity contribution in [1.29, 1.82) is 0 Å². The lowest BCUT2D eigenvalue weighted by Gasteiger charge is -2.29. The van der Waals surface area contributed by atoms with Gasteiger partial charge in [0.2, 0.25) is 12.7 Å². The first-order chi connectivity index (χ1) is 12.0. The van der Waals surface area contributed by atoms with E-state index in [-0.39, 0.29) is 18.8 Å².